The molecule has 1 heterocycles. The number of nitrogens with one attached hydrogen (secondary N) is 3. The van der Waals surface area contributed by atoms with Gasteiger partial charge < -0.3 is 5.32 Å². The van der Waals surface area contributed by atoms with Crippen molar-refractivity contribution >= 4 is 46.0 Å². The number of aromatic nitrogens is 3. The van der Waals surface area contributed by atoms with E-state index in [1.54, 1.807) is 12.1 Å². The minimum absolute atomic E-state index is 0.123. The molecular weight excluding hydrogens is 349 g/mol. The van der Waals surface area contributed by atoms with E-state index in [-0.39, 0.29) is 5.95 Å². The number of benzene rings is 1. The lowest BCUT2D eigenvalue weighted by atomic mass is 10.3. The fourth-order valence-electron chi connectivity index (χ4n) is 1.15. The molecule has 3 N–H and O–H groups in total. The Balaban J connectivity index is 1.95. The Morgan fingerprint density at radius 1 is 1.11 bits per heavy atom. The maximum absolute atomic E-state index is 11.5. The molecule has 0 aliphatic rings. The molecule has 0 aliphatic heterocycles. The van der Waals surface area contributed by atoms with Gasteiger partial charge in [0, 0.05) is 9.26 Å². The minimum atomic E-state index is -0.815. The van der Waals surface area contributed by atoms with Crippen LogP contribution < -0.4 is 10.6 Å². The third-order valence-electron chi connectivity index (χ3n) is 1.96. The summed E-state index contributed by atoms with van der Waals surface area (Å²) < 4.78 is 1.04. The Morgan fingerprint density at radius 3 is 2.39 bits per heavy atom. The minimum Gasteiger partial charge on any atom is -0.318 e. The first-order valence-corrected chi connectivity index (χ1v) is 5.96. The summed E-state index contributed by atoms with van der Waals surface area (Å²) in [6.07, 6.45) is 1.23. The van der Waals surface area contributed by atoms with E-state index >= 15 is 0 Å². The monoisotopic (exact) mass is 357 g/mol. The van der Waals surface area contributed by atoms with Gasteiger partial charge in [0.15, 0.2) is 0 Å². The summed E-state index contributed by atoms with van der Waals surface area (Å²) in [7, 11) is 0. The number of hydrogen-bond donors (Lipinski definition) is 3. The van der Waals surface area contributed by atoms with Gasteiger partial charge in [-0.2, -0.15) is 10.1 Å². The van der Waals surface area contributed by atoms with Crippen LogP contribution in [-0.2, 0) is 9.59 Å². The Labute approximate surface area is 116 Å². The molecule has 0 unspecified atom stereocenters. The maximum Gasteiger partial charge on any atom is 0.316 e. The Morgan fingerprint density at radius 2 is 1.78 bits per heavy atom. The molecule has 2 rings (SSSR count). The van der Waals surface area contributed by atoms with Crippen molar-refractivity contribution in [2.45, 2.75) is 0 Å². The highest BCUT2D eigenvalue weighted by molar-refractivity contribution is 14.1. The summed E-state index contributed by atoms with van der Waals surface area (Å²) in [4.78, 5) is 26.7. The molecule has 0 saturated carbocycles. The van der Waals surface area contributed by atoms with Gasteiger partial charge in [0.2, 0.25) is 5.95 Å². The molecule has 2 aromatic rings. The molecule has 0 spiro atoms. The quantitative estimate of drug-likeness (QED) is 0.551. The van der Waals surface area contributed by atoms with Gasteiger partial charge in [-0.05, 0) is 46.9 Å². The van der Waals surface area contributed by atoms with Crippen molar-refractivity contribution in [3.63, 3.8) is 0 Å². The Bertz CT molecular complexity index is 552. The van der Waals surface area contributed by atoms with E-state index in [1.807, 2.05) is 12.1 Å². The summed E-state index contributed by atoms with van der Waals surface area (Å²) in [6.45, 7) is 0. The fraction of sp³-hybridized carbons (Fsp3) is 0. The van der Waals surface area contributed by atoms with Crippen molar-refractivity contribution < 1.29 is 9.59 Å². The molecule has 92 valence electrons. The lowest BCUT2D eigenvalue weighted by molar-refractivity contribution is -0.133. The third-order valence-corrected chi connectivity index (χ3v) is 2.67. The van der Waals surface area contributed by atoms with Crippen LogP contribution in [0.25, 0.3) is 0 Å². The number of carbonyl (C=O) groups excluding carboxylic acids is 2. The van der Waals surface area contributed by atoms with E-state index in [0.717, 1.165) is 3.57 Å². The summed E-state index contributed by atoms with van der Waals surface area (Å²) >= 11 is 2.15. The van der Waals surface area contributed by atoms with Gasteiger partial charge in [-0.3, -0.25) is 14.9 Å². The predicted molar refractivity (Wildman–Crippen MR) is 72.8 cm³/mol. The molecule has 0 fully saturated rings. The highest BCUT2D eigenvalue weighted by Gasteiger charge is 2.14. The molecule has 0 saturated heterocycles. The number of halogens is 1. The van der Waals surface area contributed by atoms with E-state index in [1.165, 1.54) is 6.33 Å². The number of rotatable bonds is 2. The van der Waals surface area contributed by atoms with E-state index in [9.17, 15) is 9.59 Å². The van der Waals surface area contributed by atoms with Crippen LogP contribution in [0.15, 0.2) is 30.6 Å². The normalized spacial score (nSPS) is 9.83. The summed E-state index contributed by atoms with van der Waals surface area (Å²) in [5.74, 6) is -1.46. The van der Waals surface area contributed by atoms with Crippen LogP contribution in [0, 0.1) is 3.57 Å². The van der Waals surface area contributed by atoms with Crippen LogP contribution in [0.4, 0.5) is 11.6 Å². The van der Waals surface area contributed by atoms with Gasteiger partial charge in [-0.15, -0.1) is 0 Å². The first-order chi connectivity index (χ1) is 8.65. The molecule has 0 aliphatic carbocycles. The van der Waals surface area contributed by atoms with Crippen LogP contribution in [0.3, 0.4) is 0 Å². The lowest BCUT2D eigenvalue weighted by Crippen LogP contribution is -2.29. The lowest BCUT2D eigenvalue weighted by Gasteiger charge is -2.04. The van der Waals surface area contributed by atoms with Crippen molar-refractivity contribution in [2.75, 3.05) is 10.6 Å². The smallest absolute Gasteiger partial charge is 0.316 e. The number of aromatic amines is 1. The van der Waals surface area contributed by atoms with Crippen LogP contribution in [0.5, 0.6) is 0 Å². The topological polar surface area (TPSA) is 99.8 Å². The molecule has 0 bridgehead atoms. The van der Waals surface area contributed by atoms with E-state index in [4.69, 9.17) is 0 Å². The van der Waals surface area contributed by atoms with E-state index in [0.29, 0.717) is 5.69 Å². The van der Waals surface area contributed by atoms with Crippen molar-refractivity contribution in [1.29, 1.82) is 0 Å². The molecule has 1 aromatic carbocycles. The van der Waals surface area contributed by atoms with Crippen LogP contribution >= 0.6 is 22.6 Å². The summed E-state index contributed by atoms with van der Waals surface area (Å²) in [5.41, 5.74) is 0.549. The fourth-order valence-corrected chi connectivity index (χ4v) is 1.51. The number of carbonyl (C=O) groups is 2. The zero-order chi connectivity index (χ0) is 13.0. The number of anilines is 2. The first-order valence-electron chi connectivity index (χ1n) is 4.88. The zero-order valence-electron chi connectivity index (χ0n) is 8.98. The van der Waals surface area contributed by atoms with Crippen molar-refractivity contribution in [3.05, 3.63) is 34.2 Å². The van der Waals surface area contributed by atoms with E-state index in [2.05, 4.69) is 48.4 Å². The maximum atomic E-state index is 11.5. The van der Waals surface area contributed by atoms with Crippen LogP contribution in [-0.4, -0.2) is 27.0 Å². The zero-order valence-corrected chi connectivity index (χ0v) is 11.1. The number of H-pyrrole nitrogens is 1. The molecule has 1 aromatic heterocycles. The SMILES string of the molecule is O=C(Nc1ccc(I)cc1)C(=O)Nc1ncn[nH]1. The van der Waals surface area contributed by atoms with Crippen LogP contribution in [0.1, 0.15) is 0 Å². The number of amides is 2. The standard InChI is InChI=1S/C10H8IN5O2/c11-6-1-3-7(4-2-6)14-8(17)9(18)15-10-12-5-13-16-10/h1-5H,(H,14,17)(H2,12,13,15,16,18). The first kappa shape index (κ1) is 12.5. The van der Waals surface area contributed by atoms with Gasteiger partial charge in [0.05, 0.1) is 0 Å². The molecule has 7 nitrogen and oxygen atoms in total. The Hall–Kier alpha value is -1.97. The predicted octanol–water partition coefficient (Wildman–Crippen LogP) is 0.986. The average Bonchev–Trinajstić information content (AvgIpc) is 2.85. The van der Waals surface area contributed by atoms with Gasteiger partial charge in [-0.1, -0.05) is 0 Å². The third kappa shape index (κ3) is 3.26. The van der Waals surface area contributed by atoms with Gasteiger partial charge in [0.25, 0.3) is 0 Å². The number of nitrogens with zero attached hydrogens (tertiary/aromatic N) is 2. The summed E-state index contributed by atoms with van der Waals surface area (Å²) in [6, 6.07) is 7.07. The highest BCUT2D eigenvalue weighted by atomic mass is 127. The molecule has 8 heteroatoms. The summed E-state index contributed by atoms with van der Waals surface area (Å²) in [5, 5.41) is 10.7. The second-order valence-electron chi connectivity index (χ2n) is 3.25. The van der Waals surface area contributed by atoms with Gasteiger partial charge in [0.1, 0.15) is 6.33 Å². The average molecular weight is 357 g/mol. The van der Waals surface area contributed by atoms with Gasteiger partial charge in [-0.25, -0.2) is 5.10 Å². The van der Waals surface area contributed by atoms with Crippen LogP contribution in [0.2, 0.25) is 0 Å². The molecule has 18 heavy (non-hydrogen) atoms. The molecule has 2 amide bonds. The van der Waals surface area contributed by atoms with Crippen molar-refractivity contribution in [1.82, 2.24) is 15.2 Å². The molecule has 0 radical (unpaired) electrons. The second-order valence-corrected chi connectivity index (χ2v) is 4.49. The molecular formula is C10H8IN5O2. The van der Waals surface area contributed by atoms with E-state index < -0.39 is 11.8 Å². The highest BCUT2D eigenvalue weighted by Crippen LogP contribution is 2.10. The molecule has 0 atom stereocenters. The van der Waals surface area contributed by atoms with Gasteiger partial charge >= 0.3 is 11.8 Å². The van der Waals surface area contributed by atoms with Crippen molar-refractivity contribution in [3.8, 4) is 0 Å². The number of hydrogen-bond acceptors (Lipinski definition) is 4. The Kier molecular flexibility index (Phi) is 3.87. The second kappa shape index (κ2) is 5.58. The van der Waals surface area contributed by atoms with Crippen molar-refractivity contribution in [2.24, 2.45) is 0 Å². The largest absolute Gasteiger partial charge is 0.318 e.